The Morgan fingerprint density at radius 2 is 1.67 bits per heavy atom. The standard InChI is InChI=1S/C26H34N2O4.C6H8O7/c1-3-25(30)28-15-6-8-19-16-20(11-12-22(19)28)23(29)17-27-14-7-13-26(31,18-27)21-9-4-5-10-24(21)32-2;7-3(8)1-6(13,5(11)12)2-4(9)10/h4-5,9-12,16,23,29,31H,3,6-8,13-15,17-18H2,1-2H3;13H,1-2H2,(H,7,8)(H,9,10)(H,11,12). The fourth-order valence-electron chi connectivity index (χ4n) is 5.87. The summed E-state index contributed by atoms with van der Waals surface area (Å²) >= 11 is 0. The number of carboxylic acid groups (broad SMARTS) is 3. The predicted molar refractivity (Wildman–Crippen MR) is 162 cm³/mol. The molecule has 0 spiro atoms. The van der Waals surface area contributed by atoms with Crippen molar-refractivity contribution in [3.63, 3.8) is 0 Å². The molecule has 6 N–H and O–H groups in total. The molecular weight excluding hydrogens is 588 g/mol. The van der Waals surface area contributed by atoms with Crippen molar-refractivity contribution < 1.29 is 54.6 Å². The molecular formula is C32H42N2O11. The van der Waals surface area contributed by atoms with Gasteiger partial charge in [0.25, 0.3) is 0 Å². The summed E-state index contributed by atoms with van der Waals surface area (Å²) in [5, 5.41) is 56.2. The van der Waals surface area contributed by atoms with Crippen molar-refractivity contribution >= 4 is 29.5 Å². The second kappa shape index (κ2) is 15.3. The Morgan fingerprint density at radius 1 is 1.00 bits per heavy atom. The summed E-state index contributed by atoms with van der Waals surface area (Å²) in [6, 6.07) is 13.6. The van der Waals surface area contributed by atoms with Gasteiger partial charge in [-0.2, -0.15) is 0 Å². The molecule has 0 bridgehead atoms. The molecule has 0 aromatic heterocycles. The third-order valence-electron chi connectivity index (χ3n) is 8.09. The number of ether oxygens (including phenoxy) is 1. The molecule has 2 unspecified atom stereocenters. The molecule has 1 amide bonds. The van der Waals surface area contributed by atoms with Gasteiger partial charge in [0.05, 0.1) is 26.1 Å². The van der Waals surface area contributed by atoms with E-state index in [0.717, 1.165) is 54.7 Å². The number of aliphatic hydroxyl groups is 3. The van der Waals surface area contributed by atoms with Gasteiger partial charge in [0.2, 0.25) is 5.91 Å². The number of carbonyl (C=O) groups is 4. The number of rotatable bonds is 11. The lowest BCUT2D eigenvalue weighted by atomic mass is 9.85. The van der Waals surface area contributed by atoms with Crippen molar-refractivity contribution in [3.8, 4) is 5.75 Å². The van der Waals surface area contributed by atoms with E-state index in [1.54, 1.807) is 7.11 Å². The highest BCUT2D eigenvalue weighted by Gasteiger charge is 2.41. The topological polar surface area (TPSA) is 205 Å². The van der Waals surface area contributed by atoms with Gasteiger partial charge < -0.3 is 40.3 Å². The molecule has 45 heavy (non-hydrogen) atoms. The number of methoxy groups -OCH3 is 1. The van der Waals surface area contributed by atoms with Gasteiger partial charge in [0, 0.05) is 37.3 Å². The molecule has 13 heteroatoms. The number of carbonyl (C=O) groups excluding carboxylic acids is 1. The van der Waals surface area contributed by atoms with Crippen LogP contribution in [0, 0.1) is 0 Å². The molecule has 13 nitrogen and oxygen atoms in total. The maximum absolute atomic E-state index is 12.3. The molecule has 2 aromatic carbocycles. The summed E-state index contributed by atoms with van der Waals surface area (Å²) in [4.78, 5) is 46.8. The monoisotopic (exact) mass is 630 g/mol. The first kappa shape index (κ1) is 35.4. The van der Waals surface area contributed by atoms with Crippen LogP contribution in [-0.2, 0) is 31.2 Å². The Balaban J connectivity index is 0.000000360. The highest BCUT2D eigenvalue weighted by molar-refractivity contribution is 5.94. The van der Waals surface area contributed by atoms with Crippen molar-refractivity contribution in [3.05, 3.63) is 59.2 Å². The minimum Gasteiger partial charge on any atom is -0.496 e. The van der Waals surface area contributed by atoms with E-state index in [4.69, 9.17) is 25.2 Å². The zero-order valence-electron chi connectivity index (χ0n) is 25.5. The summed E-state index contributed by atoms with van der Waals surface area (Å²) in [7, 11) is 1.62. The van der Waals surface area contributed by atoms with Gasteiger partial charge in [0.15, 0.2) is 5.60 Å². The van der Waals surface area contributed by atoms with Gasteiger partial charge in [-0.1, -0.05) is 37.3 Å². The van der Waals surface area contributed by atoms with Crippen molar-refractivity contribution in [1.82, 2.24) is 4.90 Å². The number of hydrogen-bond donors (Lipinski definition) is 6. The SMILES string of the molecule is CCC(=O)N1CCCc2cc(C(O)CN3CCCC(O)(c4ccccc4OC)C3)ccc21.O=C(O)CC(O)(CC(=O)O)C(=O)O. The van der Waals surface area contributed by atoms with Crippen LogP contribution < -0.4 is 9.64 Å². The number of para-hydroxylation sites is 1. The molecule has 2 aromatic rings. The first-order valence-corrected chi connectivity index (χ1v) is 14.8. The number of carboxylic acids is 3. The van der Waals surface area contributed by atoms with Crippen LogP contribution >= 0.6 is 0 Å². The fourth-order valence-corrected chi connectivity index (χ4v) is 5.87. The van der Waals surface area contributed by atoms with E-state index in [1.807, 2.05) is 54.3 Å². The van der Waals surface area contributed by atoms with Crippen molar-refractivity contribution in [2.24, 2.45) is 0 Å². The minimum atomic E-state index is -2.74. The minimum absolute atomic E-state index is 0.142. The number of fused-ring (bicyclic) bond motifs is 1. The van der Waals surface area contributed by atoms with Gasteiger partial charge in [-0.05, 0) is 55.5 Å². The van der Waals surface area contributed by atoms with E-state index in [2.05, 4.69) is 4.90 Å². The van der Waals surface area contributed by atoms with Gasteiger partial charge >= 0.3 is 17.9 Å². The first-order chi connectivity index (χ1) is 21.2. The molecule has 0 saturated carbocycles. The number of β-amino-alcohol motifs (C(OH)–C–C–N with tert-alkyl or cyclic N) is 2. The van der Waals surface area contributed by atoms with Crippen LogP contribution in [0.15, 0.2) is 42.5 Å². The largest absolute Gasteiger partial charge is 0.496 e. The molecule has 4 rings (SSSR count). The third-order valence-corrected chi connectivity index (χ3v) is 8.09. The van der Waals surface area contributed by atoms with Crippen LogP contribution in [0.25, 0.3) is 0 Å². The summed E-state index contributed by atoms with van der Waals surface area (Å²) in [5.41, 5.74) is 0.0255. The van der Waals surface area contributed by atoms with Gasteiger partial charge in [-0.3, -0.25) is 19.3 Å². The maximum Gasteiger partial charge on any atom is 0.336 e. The molecule has 2 aliphatic heterocycles. The van der Waals surface area contributed by atoms with Crippen LogP contribution in [0.5, 0.6) is 5.75 Å². The summed E-state index contributed by atoms with van der Waals surface area (Å²) in [6.07, 6.45) is 0.922. The number of aryl methyl sites for hydroxylation is 1. The van der Waals surface area contributed by atoms with Gasteiger partial charge in [-0.25, -0.2) is 4.79 Å². The van der Waals surface area contributed by atoms with E-state index >= 15 is 0 Å². The number of aliphatic carboxylic acids is 3. The van der Waals surface area contributed by atoms with E-state index in [9.17, 15) is 29.4 Å². The summed E-state index contributed by atoms with van der Waals surface area (Å²) < 4.78 is 5.48. The van der Waals surface area contributed by atoms with Crippen molar-refractivity contribution in [2.45, 2.75) is 69.2 Å². The number of piperidine rings is 1. The zero-order chi connectivity index (χ0) is 33.4. The lowest BCUT2D eigenvalue weighted by Crippen LogP contribution is -2.47. The number of likely N-dealkylation sites (tertiary alicyclic amines) is 1. The van der Waals surface area contributed by atoms with Gasteiger partial charge in [0.1, 0.15) is 11.4 Å². The number of anilines is 1. The highest BCUT2D eigenvalue weighted by Crippen LogP contribution is 2.37. The molecule has 2 aliphatic rings. The normalized spacial score (nSPS) is 19.0. The second-order valence-electron chi connectivity index (χ2n) is 11.5. The Kier molecular flexibility index (Phi) is 12.1. The van der Waals surface area contributed by atoms with E-state index < -0.39 is 48.1 Å². The molecule has 1 fully saturated rings. The van der Waals surface area contributed by atoms with Crippen molar-refractivity contribution in [1.29, 1.82) is 0 Å². The lowest BCUT2D eigenvalue weighted by molar-refractivity contribution is -0.170. The first-order valence-electron chi connectivity index (χ1n) is 14.8. The number of hydrogen-bond acceptors (Lipinski definition) is 9. The van der Waals surface area contributed by atoms with Crippen molar-refractivity contribution in [2.75, 3.05) is 38.2 Å². The Bertz CT molecular complexity index is 1360. The van der Waals surface area contributed by atoms with Crippen LogP contribution in [0.2, 0.25) is 0 Å². The Labute approximate surface area is 261 Å². The summed E-state index contributed by atoms with van der Waals surface area (Å²) in [6.45, 7) is 4.39. The number of benzene rings is 2. The quantitative estimate of drug-likeness (QED) is 0.211. The second-order valence-corrected chi connectivity index (χ2v) is 11.5. The predicted octanol–water partition coefficient (Wildman–Crippen LogP) is 2.15. The molecule has 2 heterocycles. The average Bonchev–Trinajstić information content (AvgIpc) is 2.99. The van der Waals surface area contributed by atoms with Crippen LogP contribution in [0.1, 0.15) is 68.2 Å². The van der Waals surface area contributed by atoms with E-state index in [-0.39, 0.29) is 5.91 Å². The van der Waals surface area contributed by atoms with Crippen LogP contribution in [-0.4, -0.2) is 98.2 Å². The van der Waals surface area contributed by atoms with Gasteiger partial charge in [-0.15, -0.1) is 0 Å². The number of nitrogens with zero attached hydrogens (tertiary/aromatic N) is 2. The Hall–Kier alpha value is -4.04. The van der Waals surface area contributed by atoms with E-state index in [1.165, 1.54) is 0 Å². The zero-order valence-corrected chi connectivity index (χ0v) is 25.5. The van der Waals surface area contributed by atoms with Crippen LogP contribution in [0.3, 0.4) is 0 Å². The lowest BCUT2D eigenvalue weighted by Gasteiger charge is -2.40. The smallest absolute Gasteiger partial charge is 0.336 e. The van der Waals surface area contributed by atoms with E-state index in [0.29, 0.717) is 31.7 Å². The molecule has 246 valence electrons. The van der Waals surface area contributed by atoms with Crippen LogP contribution in [0.4, 0.5) is 5.69 Å². The Morgan fingerprint density at radius 3 is 2.27 bits per heavy atom. The number of aliphatic hydroxyl groups excluding tert-OH is 1. The molecule has 2 atom stereocenters. The number of amides is 1. The molecule has 1 saturated heterocycles. The molecule has 0 radical (unpaired) electrons. The maximum atomic E-state index is 12.3. The summed E-state index contributed by atoms with van der Waals surface area (Å²) in [5.74, 6) is -4.18. The average molecular weight is 631 g/mol. The highest BCUT2D eigenvalue weighted by atomic mass is 16.5. The third kappa shape index (κ3) is 9.01. The fraction of sp³-hybridized carbons (Fsp3) is 0.500. The molecule has 0 aliphatic carbocycles.